The molecule has 0 radical (unpaired) electrons. The van der Waals surface area contributed by atoms with Gasteiger partial charge in [-0.25, -0.2) is 0 Å². The standard InChI is InChI=1S/C20H23ClN2O2/c21-19-7-5-16(6-8-19)13-20(24)22-14-17-1-3-18(4-2-17)15-23-9-11-25-12-10-23/h1-8H,9-15H2,(H,22,24). The van der Waals surface area contributed by atoms with E-state index in [0.717, 1.165) is 44.0 Å². The van der Waals surface area contributed by atoms with Crippen LogP contribution in [0.2, 0.25) is 5.02 Å². The van der Waals surface area contributed by atoms with E-state index < -0.39 is 0 Å². The Bertz CT molecular complexity index is 680. The Hall–Kier alpha value is -1.88. The van der Waals surface area contributed by atoms with Gasteiger partial charge in [0, 0.05) is 31.2 Å². The van der Waals surface area contributed by atoms with Gasteiger partial charge in [-0.3, -0.25) is 9.69 Å². The minimum Gasteiger partial charge on any atom is -0.379 e. The molecule has 1 fully saturated rings. The summed E-state index contributed by atoms with van der Waals surface area (Å²) in [6.45, 7) is 5.11. The van der Waals surface area contributed by atoms with Crippen molar-refractivity contribution in [1.29, 1.82) is 0 Å². The predicted octanol–water partition coefficient (Wildman–Crippen LogP) is 3.03. The Morgan fingerprint density at radius 3 is 2.24 bits per heavy atom. The van der Waals surface area contributed by atoms with Crippen LogP contribution in [0.4, 0.5) is 0 Å². The van der Waals surface area contributed by atoms with E-state index in [2.05, 4.69) is 34.5 Å². The van der Waals surface area contributed by atoms with Crippen LogP contribution in [0.15, 0.2) is 48.5 Å². The molecule has 0 bridgehead atoms. The van der Waals surface area contributed by atoms with Crippen LogP contribution in [0.5, 0.6) is 0 Å². The van der Waals surface area contributed by atoms with Crippen LogP contribution in [-0.2, 0) is 29.0 Å². The van der Waals surface area contributed by atoms with Crippen molar-refractivity contribution in [3.63, 3.8) is 0 Å². The van der Waals surface area contributed by atoms with Crippen LogP contribution >= 0.6 is 11.6 Å². The van der Waals surface area contributed by atoms with Gasteiger partial charge in [-0.05, 0) is 28.8 Å². The maximum Gasteiger partial charge on any atom is 0.224 e. The van der Waals surface area contributed by atoms with Crippen molar-refractivity contribution in [3.05, 3.63) is 70.2 Å². The normalized spacial score (nSPS) is 15.1. The number of hydrogen-bond acceptors (Lipinski definition) is 3. The van der Waals surface area contributed by atoms with Crippen molar-refractivity contribution in [3.8, 4) is 0 Å². The van der Waals surface area contributed by atoms with Crippen molar-refractivity contribution in [1.82, 2.24) is 10.2 Å². The second kappa shape index (κ2) is 8.99. The molecule has 1 saturated heterocycles. The first-order valence-corrected chi connectivity index (χ1v) is 8.96. The zero-order valence-electron chi connectivity index (χ0n) is 14.2. The highest BCUT2D eigenvalue weighted by molar-refractivity contribution is 6.30. The molecule has 3 rings (SSSR count). The van der Waals surface area contributed by atoms with Crippen molar-refractivity contribution in [2.45, 2.75) is 19.5 Å². The molecule has 1 amide bonds. The van der Waals surface area contributed by atoms with E-state index in [0.29, 0.717) is 18.0 Å². The Morgan fingerprint density at radius 2 is 1.56 bits per heavy atom. The van der Waals surface area contributed by atoms with Gasteiger partial charge in [0.2, 0.25) is 5.91 Å². The quantitative estimate of drug-likeness (QED) is 0.863. The lowest BCUT2D eigenvalue weighted by molar-refractivity contribution is -0.120. The van der Waals surface area contributed by atoms with E-state index in [1.165, 1.54) is 5.56 Å². The number of amides is 1. The molecule has 0 unspecified atom stereocenters. The van der Waals surface area contributed by atoms with Crippen molar-refractivity contribution in [2.24, 2.45) is 0 Å². The molecule has 1 heterocycles. The van der Waals surface area contributed by atoms with Crippen molar-refractivity contribution < 1.29 is 9.53 Å². The van der Waals surface area contributed by atoms with Gasteiger partial charge in [0.1, 0.15) is 0 Å². The Balaban J connectivity index is 1.44. The number of halogens is 1. The number of ether oxygens (including phenoxy) is 1. The predicted molar refractivity (Wildman–Crippen MR) is 99.5 cm³/mol. The number of carbonyl (C=O) groups is 1. The molecule has 0 atom stereocenters. The highest BCUT2D eigenvalue weighted by Crippen LogP contribution is 2.11. The molecular weight excluding hydrogens is 336 g/mol. The average molecular weight is 359 g/mol. The third kappa shape index (κ3) is 5.85. The summed E-state index contributed by atoms with van der Waals surface area (Å²) in [6, 6.07) is 15.8. The second-order valence-corrected chi connectivity index (χ2v) is 6.72. The van der Waals surface area contributed by atoms with E-state index >= 15 is 0 Å². The summed E-state index contributed by atoms with van der Waals surface area (Å²) < 4.78 is 5.37. The van der Waals surface area contributed by atoms with Crippen LogP contribution in [0.25, 0.3) is 0 Å². The number of hydrogen-bond donors (Lipinski definition) is 1. The Morgan fingerprint density at radius 1 is 0.960 bits per heavy atom. The van der Waals surface area contributed by atoms with Gasteiger partial charge in [0.15, 0.2) is 0 Å². The summed E-state index contributed by atoms with van der Waals surface area (Å²) in [5.41, 5.74) is 3.36. The minimum atomic E-state index is 0.0136. The average Bonchev–Trinajstić information content (AvgIpc) is 2.64. The largest absolute Gasteiger partial charge is 0.379 e. The highest BCUT2D eigenvalue weighted by Gasteiger charge is 2.10. The second-order valence-electron chi connectivity index (χ2n) is 6.28. The topological polar surface area (TPSA) is 41.6 Å². The molecule has 25 heavy (non-hydrogen) atoms. The molecule has 2 aromatic carbocycles. The maximum absolute atomic E-state index is 12.0. The Kier molecular flexibility index (Phi) is 6.45. The fourth-order valence-electron chi connectivity index (χ4n) is 2.83. The minimum absolute atomic E-state index is 0.0136. The molecule has 1 N–H and O–H groups in total. The van der Waals surface area contributed by atoms with Gasteiger partial charge in [0.25, 0.3) is 0 Å². The number of nitrogens with zero attached hydrogens (tertiary/aromatic N) is 1. The van der Waals surface area contributed by atoms with Crippen LogP contribution in [0, 0.1) is 0 Å². The van der Waals surface area contributed by atoms with Gasteiger partial charge in [-0.1, -0.05) is 48.0 Å². The monoisotopic (exact) mass is 358 g/mol. The molecular formula is C20H23ClN2O2. The molecule has 0 saturated carbocycles. The molecule has 0 aliphatic carbocycles. The first-order valence-electron chi connectivity index (χ1n) is 8.58. The fraction of sp³-hybridized carbons (Fsp3) is 0.350. The van der Waals surface area contributed by atoms with Gasteiger partial charge in [0.05, 0.1) is 19.6 Å². The maximum atomic E-state index is 12.0. The molecule has 5 heteroatoms. The fourth-order valence-corrected chi connectivity index (χ4v) is 2.96. The number of morpholine rings is 1. The molecule has 132 valence electrons. The summed E-state index contributed by atoms with van der Waals surface area (Å²) in [4.78, 5) is 14.4. The molecule has 0 aromatic heterocycles. The van der Waals surface area contributed by atoms with Crippen molar-refractivity contribution >= 4 is 17.5 Å². The SMILES string of the molecule is O=C(Cc1ccc(Cl)cc1)NCc1ccc(CN2CCOCC2)cc1. The van der Waals surface area contributed by atoms with Crippen molar-refractivity contribution in [2.75, 3.05) is 26.3 Å². The Labute approximate surface area is 153 Å². The summed E-state index contributed by atoms with van der Waals surface area (Å²) in [6.07, 6.45) is 0.367. The third-order valence-electron chi connectivity index (χ3n) is 4.30. The molecule has 2 aromatic rings. The van der Waals surface area contributed by atoms with Crippen LogP contribution in [0.1, 0.15) is 16.7 Å². The van der Waals surface area contributed by atoms with Gasteiger partial charge in [-0.2, -0.15) is 0 Å². The van der Waals surface area contributed by atoms with E-state index in [-0.39, 0.29) is 5.91 Å². The molecule has 1 aliphatic heterocycles. The summed E-state index contributed by atoms with van der Waals surface area (Å²) in [7, 11) is 0. The summed E-state index contributed by atoms with van der Waals surface area (Å²) in [5, 5.41) is 3.65. The first kappa shape index (κ1) is 17.9. The van der Waals surface area contributed by atoms with Gasteiger partial charge >= 0.3 is 0 Å². The zero-order chi connectivity index (χ0) is 17.5. The van der Waals surface area contributed by atoms with E-state index in [4.69, 9.17) is 16.3 Å². The van der Waals surface area contributed by atoms with E-state index in [1.54, 1.807) is 12.1 Å². The lowest BCUT2D eigenvalue weighted by Gasteiger charge is -2.26. The molecule has 1 aliphatic rings. The molecule has 0 spiro atoms. The van der Waals surface area contributed by atoms with E-state index in [9.17, 15) is 4.79 Å². The van der Waals surface area contributed by atoms with Crippen LogP contribution in [-0.4, -0.2) is 37.1 Å². The number of nitrogens with one attached hydrogen (secondary N) is 1. The number of rotatable bonds is 6. The smallest absolute Gasteiger partial charge is 0.224 e. The highest BCUT2D eigenvalue weighted by atomic mass is 35.5. The number of benzene rings is 2. The molecule has 4 nitrogen and oxygen atoms in total. The number of carbonyl (C=O) groups excluding carboxylic acids is 1. The lowest BCUT2D eigenvalue weighted by atomic mass is 10.1. The first-order chi connectivity index (χ1) is 12.2. The summed E-state index contributed by atoms with van der Waals surface area (Å²) >= 11 is 5.85. The third-order valence-corrected chi connectivity index (χ3v) is 4.55. The van der Waals surface area contributed by atoms with Gasteiger partial charge < -0.3 is 10.1 Å². The zero-order valence-corrected chi connectivity index (χ0v) is 15.0. The van der Waals surface area contributed by atoms with Crippen LogP contribution in [0.3, 0.4) is 0 Å². The summed E-state index contributed by atoms with van der Waals surface area (Å²) in [5.74, 6) is 0.0136. The van der Waals surface area contributed by atoms with Crippen LogP contribution < -0.4 is 5.32 Å². The lowest BCUT2D eigenvalue weighted by Crippen LogP contribution is -2.35. The van der Waals surface area contributed by atoms with Gasteiger partial charge in [-0.15, -0.1) is 0 Å². The van der Waals surface area contributed by atoms with E-state index in [1.807, 2.05) is 12.1 Å².